The lowest BCUT2D eigenvalue weighted by molar-refractivity contribution is 0.309. The van der Waals surface area contributed by atoms with Gasteiger partial charge < -0.3 is 9.88 Å². The van der Waals surface area contributed by atoms with E-state index in [9.17, 15) is 0 Å². The lowest BCUT2D eigenvalue weighted by atomic mass is 9.85. The fraction of sp³-hybridized carbons (Fsp3) is 0.800. The Bertz CT molecular complexity index is 384. The van der Waals surface area contributed by atoms with Gasteiger partial charge in [0.25, 0.3) is 0 Å². The third kappa shape index (κ3) is 2.33. The molecule has 3 heteroatoms. The van der Waals surface area contributed by atoms with E-state index in [2.05, 4.69) is 28.0 Å². The Morgan fingerprint density at radius 3 is 2.94 bits per heavy atom. The molecule has 1 aliphatic carbocycles. The molecule has 2 aliphatic rings. The van der Waals surface area contributed by atoms with Crippen LogP contribution in [0.2, 0.25) is 0 Å². The van der Waals surface area contributed by atoms with Gasteiger partial charge in [-0.1, -0.05) is 26.2 Å². The fourth-order valence-electron chi connectivity index (χ4n) is 3.65. The van der Waals surface area contributed by atoms with Gasteiger partial charge in [-0.3, -0.25) is 0 Å². The van der Waals surface area contributed by atoms with Crippen LogP contribution in [-0.2, 0) is 12.0 Å². The molecule has 1 atom stereocenters. The summed E-state index contributed by atoms with van der Waals surface area (Å²) in [6, 6.07) is 0. The second-order valence-electron chi connectivity index (χ2n) is 6.42. The van der Waals surface area contributed by atoms with Gasteiger partial charge in [-0.05, 0) is 31.7 Å². The van der Waals surface area contributed by atoms with Crippen LogP contribution >= 0.6 is 0 Å². The molecule has 1 aliphatic heterocycles. The third-order valence-electron chi connectivity index (χ3n) is 4.88. The summed E-state index contributed by atoms with van der Waals surface area (Å²) in [5.41, 5.74) is 1.74. The van der Waals surface area contributed by atoms with E-state index in [-0.39, 0.29) is 0 Å². The lowest BCUT2D eigenvalue weighted by Gasteiger charge is -2.28. The number of nitrogens with zero attached hydrogens (tertiary/aromatic N) is 2. The predicted octanol–water partition coefficient (Wildman–Crippen LogP) is 2.71. The number of nitrogens with one attached hydrogen (secondary N) is 1. The standard InChI is InChI=1S/C15H25N3/c1-15(7-8-16-11-15)14-9-17-12-18(14)10-13-5-3-2-4-6-13/h9,12-13,16H,2-8,10-11H2,1H3. The summed E-state index contributed by atoms with van der Waals surface area (Å²) >= 11 is 0. The SMILES string of the molecule is CC1(c2cncn2CC2CCCCC2)CCNC1. The normalized spacial score (nSPS) is 29.8. The maximum atomic E-state index is 4.41. The number of rotatable bonds is 3. The molecule has 3 nitrogen and oxygen atoms in total. The molecule has 2 fully saturated rings. The molecule has 0 radical (unpaired) electrons. The highest BCUT2D eigenvalue weighted by molar-refractivity contribution is 5.17. The summed E-state index contributed by atoms with van der Waals surface area (Å²) in [6.07, 6.45) is 12.5. The van der Waals surface area contributed by atoms with Gasteiger partial charge in [0.05, 0.1) is 6.33 Å². The number of imidazole rings is 1. The third-order valence-corrected chi connectivity index (χ3v) is 4.88. The molecule has 3 rings (SSSR count). The van der Waals surface area contributed by atoms with Crippen LogP contribution in [0.3, 0.4) is 0 Å². The van der Waals surface area contributed by atoms with Crippen LogP contribution in [0.25, 0.3) is 0 Å². The Balaban J connectivity index is 1.74. The van der Waals surface area contributed by atoms with Gasteiger partial charge in [-0.25, -0.2) is 4.98 Å². The van der Waals surface area contributed by atoms with Gasteiger partial charge in [0.1, 0.15) is 0 Å². The second-order valence-corrected chi connectivity index (χ2v) is 6.42. The molecule has 2 heterocycles. The first-order valence-corrected chi connectivity index (χ1v) is 7.49. The fourth-order valence-corrected chi connectivity index (χ4v) is 3.65. The van der Waals surface area contributed by atoms with Crippen molar-refractivity contribution in [2.75, 3.05) is 13.1 Å². The minimum atomic E-state index is 0.297. The number of aromatic nitrogens is 2. The lowest BCUT2D eigenvalue weighted by Crippen LogP contribution is -2.29. The van der Waals surface area contributed by atoms with Crippen molar-refractivity contribution < 1.29 is 0 Å². The molecule has 0 aromatic carbocycles. The van der Waals surface area contributed by atoms with E-state index in [1.54, 1.807) is 0 Å². The average molecular weight is 247 g/mol. The van der Waals surface area contributed by atoms with E-state index in [1.165, 1.54) is 50.8 Å². The quantitative estimate of drug-likeness (QED) is 0.890. The van der Waals surface area contributed by atoms with Gasteiger partial charge in [-0.15, -0.1) is 0 Å². The number of hydrogen-bond donors (Lipinski definition) is 1. The number of hydrogen-bond acceptors (Lipinski definition) is 2. The van der Waals surface area contributed by atoms with Crippen LogP contribution in [-0.4, -0.2) is 22.6 Å². The first kappa shape index (κ1) is 12.2. The molecule has 18 heavy (non-hydrogen) atoms. The Hall–Kier alpha value is -0.830. The molecule has 1 aromatic rings. The maximum absolute atomic E-state index is 4.41. The molecule has 1 unspecified atom stereocenters. The Morgan fingerprint density at radius 1 is 1.39 bits per heavy atom. The minimum absolute atomic E-state index is 0.297. The van der Waals surface area contributed by atoms with Gasteiger partial charge in [-0.2, -0.15) is 0 Å². The van der Waals surface area contributed by atoms with Crippen molar-refractivity contribution in [2.24, 2.45) is 5.92 Å². The topological polar surface area (TPSA) is 29.9 Å². The minimum Gasteiger partial charge on any atom is -0.334 e. The molecular weight excluding hydrogens is 222 g/mol. The van der Waals surface area contributed by atoms with Crippen LogP contribution < -0.4 is 5.32 Å². The van der Waals surface area contributed by atoms with E-state index in [0.717, 1.165) is 19.0 Å². The van der Waals surface area contributed by atoms with E-state index in [1.807, 2.05) is 6.33 Å². The van der Waals surface area contributed by atoms with Crippen molar-refractivity contribution in [1.82, 2.24) is 14.9 Å². The molecule has 0 amide bonds. The highest BCUT2D eigenvalue weighted by Gasteiger charge is 2.33. The Kier molecular flexibility index (Phi) is 3.42. The molecule has 100 valence electrons. The largest absolute Gasteiger partial charge is 0.334 e. The summed E-state index contributed by atoms with van der Waals surface area (Å²) in [4.78, 5) is 4.41. The van der Waals surface area contributed by atoms with Gasteiger partial charge in [0, 0.05) is 30.4 Å². The zero-order chi connectivity index (χ0) is 12.4. The molecule has 1 N–H and O–H groups in total. The first-order chi connectivity index (χ1) is 8.78. The molecule has 1 saturated heterocycles. The molecule has 0 bridgehead atoms. The zero-order valence-electron chi connectivity index (χ0n) is 11.5. The highest BCUT2D eigenvalue weighted by Crippen LogP contribution is 2.32. The van der Waals surface area contributed by atoms with Crippen LogP contribution in [0.1, 0.15) is 51.1 Å². The van der Waals surface area contributed by atoms with Crippen molar-refractivity contribution in [3.05, 3.63) is 18.2 Å². The van der Waals surface area contributed by atoms with Crippen molar-refractivity contribution in [1.29, 1.82) is 0 Å². The summed E-state index contributed by atoms with van der Waals surface area (Å²) in [5, 5.41) is 3.49. The van der Waals surface area contributed by atoms with Crippen LogP contribution in [0, 0.1) is 5.92 Å². The Morgan fingerprint density at radius 2 is 2.22 bits per heavy atom. The van der Waals surface area contributed by atoms with E-state index < -0.39 is 0 Å². The van der Waals surface area contributed by atoms with E-state index >= 15 is 0 Å². The van der Waals surface area contributed by atoms with Crippen LogP contribution in [0.5, 0.6) is 0 Å². The molecular formula is C15H25N3. The average Bonchev–Trinajstić information content (AvgIpc) is 3.00. The summed E-state index contributed by atoms with van der Waals surface area (Å²) in [6.45, 7) is 5.81. The maximum Gasteiger partial charge on any atom is 0.0948 e. The Labute approximate surface area is 110 Å². The summed E-state index contributed by atoms with van der Waals surface area (Å²) < 4.78 is 2.43. The molecule has 1 saturated carbocycles. The van der Waals surface area contributed by atoms with Gasteiger partial charge in [0.2, 0.25) is 0 Å². The zero-order valence-corrected chi connectivity index (χ0v) is 11.5. The highest BCUT2D eigenvalue weighted by atomic mass is 15.1. The monoisotopic (exact) mass is 247 g/mol. The van der Waals surface area contributed by atoms with Crippen molar-refractivity contribution in [2.45, 2.75) is 57.4 Å². The second kappa shape index (κ2) is 5.04. The summed E-state index contributed by atoms with van der Waals surface area (Å²) in [7, 11) is 0. The van der Waals surface area contributed by atoms with Crippen molar-refractivity contribution in [3.8, 4) is 0 Å². The van der Waals surface area contributed by atoms with Crippen LogP contribution in [0.15, 0.2) is 12.5 Å². The van der Waals surface area contributed by atoms with Crippen molar-refractivity contribution in [3.63, 3.8) is 0 Å². The van der Waals surface area contributed by atoms with E-state index in [0.29, 0.717) is 5.41 Å². The van der Waals surface area contributed by atoms with Crippen molar-refractivity contribution >= 4 is 0 Å². The van der Waals surface area contributed by atoms with Gasteiger partial charge >= 0.3 is 0 Å². The van der Waals surface area contributed by atoms with Crippen LogP contribution in [0.4, 0.5) is 0 Å². The molecule has 0 spiro atoms. The van der Waals surface area contributed by atoms with E-state index in [4.69, 9.17) is 0 Å². The summed E-state index contributed by atoms with van der Waals surface area (Å²) in [5.74, 6) is 0.879. The van der Waals surface area contributed by atoms with Gasteiger partial charge in [0.15, 0.2) is 0 Å². The molecule has 1 aromatic heterocycles. The smallest absolute Gasteiger partial charge is 0.0948 e. The predicted molar refractivity (Wildman–Crippen MR) is 73.6 cm³/mol. The first-order valence-electron chi connectivity index (χ1n) is 7.49.